The molecule has 156 valence electrons. The van der Waals surface area contributed by atoms with Gasteiger partial charge >= 0.3 is 0 Å². The fourth-order valence-corrected chi connectivity index (χ4v) is 3.09. The summed E-state index contributed by atoms with van der Waals surface area (Å²) in [5, 5.41) is 28.8. The molecule has 0 saturated carbocycles. The van der Waals surface area contributed by atoms with Gasteiger partial charge in [0.2, 0.25) is 0 Å². The van der Waals surface area contributed by atoms with E-state index in [1.54, 1.807) is 42.5 Å². The lowest BCUT2D eigenvalue weighted by molar-refractivity contribution is -0.384. The number of nitrogens with zero attached hydrogens (tertiary/aromatic N) is 2. The number of carbonyl (C=O) groups excluding carboxylic acids is 2. The summed E-state index contributed by atoms with van der Waals surface area (Å²) in [6.07, 6.45) is 2.57. The Bertz CT molecular complexity index is 1160. The molecule has 2 amide bonds. The number of nitro benzene ring substituents is 1. The average molecular weight is 436 g/mol. The van der Waals surface area contributed by atoms with Crippen LogP contribution < -0.4 is 10.7 Å². The van der Waals surface area contributed by atoms with Crippen LogP contribution in [-0.4, -0.2) is 28.1 Å². The quantitative estimate of drug-likeness (QED) is 0.226. The van der Waals surface area contributed by atoms with Gasteiger partial charge in [0, 0.05) is 28.1 Å². The Kier molecular flexibility index (Phi) is 6.86. The summed E-state index contributed by atoms with van der Waals surface area (Å²) in [5.41, 5.74) is 2.39. The van der Waals surface area contributed by atoms with Crippen molar-refractivity contribution in [2.24, 2.45) is 5.10 Å². The van der Waals surface area contributed by atoms with Crippen LogP contribution >= 0.6 is 11.3 Å². The Morgan fingerprint density at radius 3 is 2.55 bits per heavy atom. The third-order valence-electron chi connectivity index (χ3n) is 3.95. The summed E-state index contributed by atoms with van der Waals surface area (Å²) in [7, 11) is 0. The van der Waals surface area contributed by atoms with Crippen LogP contribution in [0.4, 0.5) is 5.69 Å². The molecule has 0 spiro atoms. The Balaban J connectivity index is 1.78. The van der Waals surface area contributed by atoms with Crippen LogP contribution in [0.25, 0.3) is 6.08 Å². The predicted octanol–water partition coefficient (Wildman–Crippen LogP) is 3.28. The number of benzene rings is 2. The number of nitrogens with one attached hydrogen (secondary N) is 2. The van der Waals surface area contributed by atoms with E-state index in [1.165, 1.54) is 17.4 Å². The molecule has 1 heterocycles. The number of non-ortho nitro benzene ring substituents is 1. The highest BCUT2D eigenvalue weighted by molar-refractivity contribution is 7.10. The summed E-state index contributed by atoms with van der Waals surface area (Å²) in [6.45, 7) is 0. The van der Waals surface area contributed by atoms with Crippen LogP contribution in [0.5, 0.6) is 5.75 Å². The number of carbonyl (C=O) groups is 2. The second kappa shape index (κ2) is 9.94. The minimum atomic E-state index is -0.709. The minimum Gasteiger partial charge on any atom is -0.507 e. The molecule has 0 aliphatic carbocycles. The zero-order valence-electron chi connectivity index (χ0n) is 15.9. The van der Waals surface area contributed by atoms with E-state index in [9.17, 15) is 24.8 Å². The molecule has 3 N–H and O–H groups in total. The first-order chi connectivity index (χ1) is 14.9. The van der Waals surface area contributed by atoms with Gasteiger partial charge in [0.05, 0.1) is 11.1 Å². The lowest BCUT2D eigenvalue weighted by atomic mass is 10.2. The molecule has 3 rings (SSSR count). The van der Waals surface area contributed by atoms with Gasteiger partial charge in [0.15, 0.2) is 0 Å². The number of thiophene rings is 1. The van der Waals surface area contributed by atoms with Gasteiger partial charge in [-0.05, 0) is 35.7 Å². The van der Waals surface area contributed by atoms with Crippen LogP contribution in [0.15, 0.2) is 76.8 Å². The van der Waals surface area contributed by atoms with Gasteiger partial charge in [-0.3, -0.25) is 19.7 Å². The molecular formula is C21H16N4O5S. The molecule has 0 saturated heterocycles. The van der Waals surface area contributed by atoms with Crippen LogP contribution in [0.2, 0.25) is 0 Å². The van der Waals surface area contributed by atoms with Gasteiger partial charge < -0.3 is 10.4 Å². The van der Waals surface area contributed by atoms with Crippen LogP contribution in [0.3, 0.4) is 0 Å². The minimum absolute atomic E-state index is 0.0447. The molecule has 2 aromatic carbocycles. The number of hydrogen-bond donors (Lipinski definition) is 3. The third-order valence-corrected chi connectivity index (χ3v) is 4.77. The predicted molar refractivity (Wildman–Crippen MR) is 117 cm³/mol. The SMILES string of the molecule is O=C(N/N=C/c1cc([N+](=O)[O-])ccc1O)/C(=C\c1cccs1)NC(=O)c1ccccc1. The van der Waals surface area contributed by atoms with E-state index in [4.69, 9.17) is 0 Å². The van der Waals surface area contributed by atoms with Crippen molar-refractivity contribution >= 4 is 41.1 Å². The van der Waals surface area contributed by atoms with Crippen molar-refractivity contribution in [3.05, 3.63) is 97.9 Å². The van der Waals surface area contributed by atoms with Crippen molar-refractivity contribution in [3.63, 3.8) is 0 Å². The lowest BCUT2D eigenvalue weighted by Gasteiger charge is -2.08. The highest BCUT2D eigenvalue weighted by Crippen LogP contribution is 2.21. The number of rotatable bonds is 7. The molecule has 0 unspecified atom stereocenters. The van der Waals surface area contributed by atoms with Crippen molar-refractivity contribution in [1.29, 1.82) is 0 Å². The molecule has 3 aromatic rings. The molecule has 0 atom stereocenters. The molecule has 1 aromatic heterocycles. The molecule has 9 nitrogen and oxygen atoms in total. The summed E-state index contributed by atoms with van der Waals surface area (Å²) in [5.74, 6) is -1.42. The Labute approximate surface area is 180 Å². The normalized spacial score (nSPS) is 11.3. The molecule has 0 bridgehead atoms. The smallest absolute Gasteiger partial charge is 0.287 e. The van der Waals surface area contributed by atoms with Gasteiger partial charge in [0.1, 0.15) is 11.4 Å². The Morgan fingerprint density at radius 2 is 1.87 bits per heavy atom. The van der Waals surface area contributed by atoms with Gasteiger partial charge in [-0.2, -0.15) is 5.10 Å². The zero-order valence-corrected chi connectivity index (χ0v) is 16.7. The van der Waals surface area contributed by atoms with E-state index in [2.05, 4.69) is 15.8 Å². The molecule has 0 aliphatic rings. The first-order valence-corrected chi connectivity index (χ1v) is 9.74. The second-order valence-corrected chi connectivity index (χ2v) is 7.07. The number of hydrogen-bond acceptors (Lipinski definition) is 7. The molecule has 31 heavy (non-hydrogen) atoms. The number of phenols is 1. The first kappa shape index (κ1) is 21.4. The topological polar surface area (TPSA) is 134 Å². The average Bonchev–Trinajstić information content (AvgIpc) is 3.28. The molecule has 10 heteroatoms. The number of aromatic hydroxyl groups is 1. The Morgan fingerprint density at radius 1 is 1.10 bits per heavy atom. The highest BCUT2D eigenvalue weighted by atomic mass is 32.1. The van der Waals surface area contributed by atoms with Gasteiger partial charge in [0.25, 0.3) is 17.5 Å². The fraction of sp³-hybridized carbons (Fsp3) is 0. The third kappa shape index (κ3) is 5.84. The van der Waals surface area contributed by atoms with E-state index < -0.39 is 16.7 Å². The number of amides is 2. The molecule has 0 fully saturated rings. The summed E-state index contributed by atoms with van der Waals surface area (Å²) in [4.78, 5) is 36.1. The van der Waals surface area contributed by atoms with Crippen LogP contribution in [0, 0.1) is 10.1 Å². The van der Waals surface area contributed by atoms with E-state index in [1.807, 2.05) is 5.38 Å². The maximum atomic E-state index is 12.6. The van der Waals surface area contributed by atoms with E-state index in [-0.39, 0.29) is 22.7 Å². The van der Waals surface area contributed by atoms with Gasteiger partial charge in [-0.15, -0.1) is 11.3 Å². The van der Waals surface area contributed by atoms with E-state index >= 15 is 0 Å². The molecule has 0 radical (unpaired) electrons. The van der Waals surface area contributed by atoms with Crippen LogP contribution in [0.1, 0.15) is 20.8 Å². The van der Waals surface area contributed by atoms with Gasteiger partial charge in [-0.1, -0.05) is 24.3 Å². The van der Waals surface area contributed by atoms with Crippen molar-refractivity contribution in [2.75, 3.05) is 0 Å². The Hall–Kier alpha value is -4.31. The highest BCUT2D eigenvalue weighted by Gasteiger charge is 2.15. The number of hydrazone groups is 1. The van der Waals surface area contributed by atoms with Gasteiger partial charge in [-0.25, -0.2) is 5.43 Å². The maximum absolute atomic E-state index is 12.6. The first-order valence-electron chi connectivity index (χ1n) is 8.86. The van der Waals surface area contributed by atoms with Crippen LogP contribution in [-0.2, 0) is 4.79 Å². The second-order valence-electron chi connectivity index (χ2n) is 6.09. The monoisotopic (exact) mass is 436 g/mol. The standard InChI is InChI=1S/C21H16N4O5S/c26-19-9-8-16(25(29)30)11-15(19)13-22-24-21(28)18(12-17-7-4-10-31-17)23-20(27)14-5-2-1-3-6-14/h1-13,26H,(H,23,27)(H,24,28)/b18-12+,22-13+. The van der Waals surface area contributed by atoms with E-state index in [0.29, 0.717) is 5.56 Å². The van der Waals surface area contributed by atoms with Crippen molar-refractivity contribution < 1.29 is 19.6 Å². The fourth-order valence-electron chi connectivity index (χ4n) is 2.44. The lowest BCUT2D eigenvalue weighted by Crippen LogP contribution is -2.32. The molecule has 0 aliphatic heterocycles. The van der Waals surface area contributed by atoms with E-state index in [0.717, 1.165) is 29.3 Å². The summed E-state index contributed by atoms with van der Waals surface area (Å²) < 4.78 is 0. The zero-order chi connectivity index (χ0) is 22.2. The maximum Gasteiger partial charge on any atom is 0.287 e. The summed E-state index contributed by atoms with van der Waals surface area (Å²) >= 11 is 1.38. The largest absolute Gasteiger partial charge is 0.507 e. The van der Waals surface area contributed by atoms with Crippen molar-refractivity contribution in [3.8, 4) is 5.75 Å². The number of phenolic OH excluding ortho intramolecular Hbond substituents is 1. The number of nitro groups is 1. The molecular weight excluding hydrogens is 420 g/mol. The van der Waals surface area contributed by atoms with Crippen molar-refractivity contribution in [2.45, 2.75) is 0 Å². The van der Waals surface area contributed by atoms with Crippen molar-refractivity contribution in [1.82, 2.24) is 10.7 Å². The summed E-state index contributed by atoms with van der Waals surface area (Å²) in [6, 6.07) is 15.4.